The lowest BCUT2D eigenvalue weighted by molar-refractivity contribution is 0.176. The van der Waals surface area contributed by atoms with Crippen LogP contribution in [-0.2, 0) is 4.74 Å². The standard InChI is InChI=1S/C11H19NO/c1-3-4-5-6-11(12-2)10-7-8-13-9-10/h1,10-12H,4-9H2,2H3. The fourth-order valence-electron chi connectivity index (χ4n) is 1.91. The molecule has 1 aliphatic rings. The molecule has 1 aliphatic heterocycles. The highest BCUT2D eigenvalue weighted by Gasteiger charge is 2.23. The Morgan fingerprint density at radius 1 is 1.69 bits per heavy atom. The van der Waals surface area contributed by atoms with Crippen LogP contribution in [0.25, 0.3) is 0 Å². The van der Waals surface area contributed by atoms with Crippen LogP contribution in [0.3, 0.4) is 0 Å². The molecule has 2 nitrogen and oxygen atoms in total. The first kappa shape index (κ1) is 10.6. The largest absolute Gasteiger partial charge is 0.381 e. The summed E-state index contributed by atoms with van der Waals surface area (Å²) >= 11 is 0. The van der Waals surface area contributed by atoms with E-state index in [1.165, 1.54) is 12.8 Å². The summed E-state index contributed by atoms with van der Waals surface area (Å²) in [5.41, 5.74) is 0. The average Bonchev–Trinajstić information content (AvgIpc) is 2.65. The fourth-order valence-corrected chi connectivity index (χ4v) is 1.91. The highest BCUT2D eigenvalue weighted by atomic mass is 16.5. The number of hydrogen-bond donors (Lipinski definition) is 1. The molecule has 0 aromatic heterocycles. The zero-order chi connectivity index (χ0) is 9.52. The van der Waals surface area contributed by atoms with E-state index in [2.05, 4.69) is 11.2 Å². The molecule has 1 fully saturated rings. The molecule has 0 spiro atoms. The van der Waals surface area contributed by atoms with E-state index in [-0.39, 0.29) is 0 Å². The lowest BCUT2D eigenvalue weighted by atomic mass is 9.94. The van der Waals surface area contributed by atoms with Gasteiger partial charge in [0.25, 0.3) is 0 Å². The van der Waals surface area contributed by atoms with E-state index >= 15 is 0 Å². The van der Waals surface area contributed by atoms with Gasteiger partial charge in [0.05, 0.1) is 6.61 Å². The van der Waals surface area contributed by atoms with Gasteiger partial charge >= 0.3 is 0 Å². The lowest BCUT2D eigenvalue weighted by Gasteiger charge is -2.21. The van der Waals surface area contributed by atoms with Crippen molar-refractivity contribution in [2.75, 3.05) is 20.3 Å². The molecule has 2 atom stereocenters. The van der Waals surface area contributed by atoms with Gasteiger partial charge < -0.3 is 10.1 Å². The third kappa shape index (κ3) is 3.38. The van der Waals surface area contributed by atoms with Crippen LogP contribution in [0.1, 0.15) is 25.7 Å². The van der Waals surface area contributed by atoms with Crippen LogP contribution in [0.4, 0.5) is 0 Å². The molecule has 2 unspecified atom stereocenters. The lowest BCUT2D eigenvalue weighted by Crippen LogP contribution is -2.33. The highest BCUT2D eigenvalue weighted by molar-refractivity contribution is 4.85. The zero-order valence-corrected chi connectivity index (χ0v) is 8.38. The van der Waals surface area contributed by atoms with Crippen molar-refractivity contribution in [1.29, 1.82) is 0 Å². The van der Waals surface area contributed by atoms with E-state index in [0.29, 0.717) is 12.0 Å². The van der Waals surface area contributed by atoms with Gasteiger partial charge in [-0.2, -0.15) is 0 Å². The van der Waals surface area contributed by atoms with Crippen molar-refractivity contribution in [3.63, 3.8) is 0 Å². The molecular formula is C11H19NO. The van der Waals surface area contributed by atoms with Crippen LogP contribution >= 0.6 is 0 Å². The predicted molar refractivity (Wildman–Crippen MR) is 54.5 cm³/mol. The van der Waals surface area contributed by atoms with Gasteiger partial charge in [0.15, 0.2) is 0 Å². The van der Waals surface area contributed by atoms with Crippen LogP contribution in [0.5, 0.6) is 0 Å². The Morgan fingerprint density at radius 3 is 3.08 bits per heavy atom. The van der Waals surface area contributed by atoms with Gasteiger partial charge in [-0.05, 0) is 32.2 Å². The molecule has 0 aromatic carbocycles. The summed E-state index contributed by atoms with van der Waals surface area (Å²) in [7, 11) is 2.03. The molecular weight excluding hydrogens is 162 g/mol. The first-order valence-electron chi connectivity index (χ1n) is 5.07. The Labute approximate surface area is 81.0 Å². The fraction of sp³-hybridized carbons (Fsp3) is 0.818. The summed E-state index contributed by atoms with van der Waals surface area (Å²) in [4.78, 5) is 0. The van der Waals surface area contributed by atoms with Crippen molar-refractivity contribution < 1.29 is 4.74 Å². The maximum absolute atomic E-state index is 5.37. The smallest absolute Gasteiger partial charge is 0.0509 e. The quantitative estimate of drug-likeness (QED) is 0.511. The average molecular weight is 181 g/mol. The van der Waals surface area contributed by atoms with Crippen molar-refractivity contribution in [3.05, 3.63) is 0 Å². The van der Waals surface area contributed by atoms with Gasteiger partial charge in [-0.25, -0.2) is 0 Å². The Balaban J connectivity index is 2.21. The van der Waals surface area contributed by atoms with E-state index < -0.39 is 0 Å². The van der Waals surface area contributed by atoms with Crippen LogP contribution < -0.4 is 5.32 Å². The van der Waals surface area contributed by atoms with E-state index in [9.17, 15) is 0 Å². The Hall–Kier alpha value is -0.520. The van der Waals surface area contributed by atoms with Crippen molar-refractivity contribution >= 4 is 0 Å². The zero-order valence-electron chi connectivity index (χ0n) is 8.38. The first-order chi connectivity index (χ1) is 6.38. The van der Waals surface area contributed by atoms with Crippen LogP contribution in [0.2, 0.25) is 0 Å². The van der Waals surface area contributed by atoms with Gasteiger partial charge in [0, 0.05) is 19.1 Å². The molecule has 0 amide bonds. The third-order valence-electron chi connectivity index (χ3n) is 2.74. The molecule has 1 N–H and O–H groups in total. The summed E-state index contributed by atoms with van der Waals surface area (Å²) in [5, 5.41) is 3.35. The molecule has 0 bridgehead atoms. The number of ether oxygens (including phenoxy) is 1. The van der Waals surface area contributed by atoms with E-state index in [1.54, 1.807) is 0 Å². The Morgan fingerprint density at radius 2 is 2.54 bits per heavy atom. The summed E-state index contributed by atoms with van der Waals surface area (Å²) in [6.07, 6.45) is 9.60. The van der Waals surface area contributed by atoms with Crippen molar-refractivity contribution in [3.8, 4) is 12.3 Å². The van der Waals surface area contributed by atoms with Crippen molar-refractivity contribution in [1.82, 2.24) is 5.32 Å². The predicted octanol–water partition coefficient (Wildman–Crippen LogP) is 1.41. The summed E-state index contributed by atoms with van der Waals surface area (Å²) in [6, 6.07) is 0.593. The molecule has 0 aliphatic carbocycles. The minimum absolute atomic E-state index is 0.593. The third-order valence-corrected chi connectivity index (χ3v) is 2.74. The van der Waals surface area contributed by atoms with Gasteiger partial charge in [-0.15, -0.1) is 12.3 Å². The monoisotopic (exact) mass is 181 g/mol. The molecule has 1 saturated heterocycles. The minimum Gasteiger partial charge on any atom is -0.381 e. The van der Waals surface area contributed by atoms with Crippen molar-refractivity contribution in [2.45, 2.75) is 31.7 Å². The number of nitrogens with one attached hydrogen (secondary N) is 1. The molecule has 0 saturated carbocycles. The molecule has 0 aromatic rings. The van der Waals surface area contributed by atoms with E-state index in [4.69, 9.17) is 11.2 Å². The Bertz CT molecular complexity index is 167. The van der Waals surface area contributed by atoms with E-state index in [1.807, 2.05) is 7.05 Å². The van der Waals surface area contributed by atoms with Crippen LogP contribution in [-0.4, -0.2) is 26.3 Å². The van der Waals surface area contributed by atoms with Crippen molar-refractivity contribution in [2.24, 2.45) is 5.92 Å². The van der Waals surface area contributed by atoms with E-state index in [0.717, 1.165) is 26.1 Å². The SMILES string of the molecule is C#CCCCC(NC)C1CCOC1. The Kier molecular flexibility index (Phi) is 4.88. The van der Waals surface area contributed by atoms with Crippen LogP contribution in [0.15, 0.2) is 0 Å². The number of hydrogen-bond acceptors (Lipinski definition) is 2. The molecule has 2 heteroatoms. The molecule has 13 heavy (non-hydrogen) atoms. The first-order valence-corrected chi connectivity index (χ1v) is 5.07. The van der Waals surface area contributed by atoms with Crippen LogP contribution in [0, 0.1) is 18.3 Å². The second-order valence-electron chi connectivity index (χ2n) is 3.62. The number of terminal acetylenes is 1. The minimum atomic E-state index is 0.593. The summed E-state index contributed by atoms with van der Waals surface area (Å²) in [5.74, 6) is 3.38. The molecule has 1 rings (SSSR count). The number of unbranched alkanes of at least 4 members (excludes halogenated alkanes) is 1. The summed E-state index contributed by atoms with van der Waals surface area (Å²) in [6.45, 7) is 1.85. The highest BCUT2D eigenvalue weighted by Crippen LogP contribution is 2.19. The maximum atomic E-state index is 5.37. The van der Waals surface area contributed by atoms with Gasteiger partial charge in [0.2, 0.25) is 0 Å². The van der Waals surface area contributed by atoms with Gasteiger partial charge in [-0.1, -0.05) is 0 Å². The van der Waals surface area contributed by atoms with Gasteiger partial charge in [0.1, 0.15) is 0 Å². The normalized spacial score (nSPS) is 24.2. The number of rotatable bonds is 5. The second kappa shape index (κ2) is 6.01. The van der Waals surface area contributed by atoms with Gasteiger partial charge in [-0.3, -0.25) is 0 Å². The molecule has 0 radical (unpaired) electrons. The maximum Gasteiger partial charge on any atom is 0.0509 e. The molecule has 1 heterocycles. The summed E-state index contributed by atoms with van der Waals surface area (Å²) < 4.78 is 5.37. The molecule has 74 valence electrons. The second-order valence-corrected chi connectivity index (χ2v) is 3.62. The topological polar surface area (TPSA) is 21.3 Å².